The fraction of sp³-hybridized carbons (Fsp3) is 0.471. The predicted octanol–water partition coefficient (Wildman–Crippen LogP) is 3.70. The Morgan fingerprint density at radius 3 is 2.70 bits per heavy atom. The van der Waals surface area contributed by atoms with Crippen molar-refractivity contribution in [2.24, 2.45) is 4.99 Å². The Morgan fingerprint density at radius 1 is 1.35 bits per heavy atom. The lowest BCUT2D eigenvalue weighted by molar-refractivity contribution is 0.153. The summed E-state index contributed by atoms with van der Waals surface area (Å²) in [6, 6.07) is 7.91. The molecular weight excluding hydrogens is 425 g/mol. The van der Waals surface area contributed by atoms with Crippen molar-refractivity contribution in [2.75, 3.05) is 33.9 Å². The smallest absolute Gasteiger partial charge is 0.193 e. The molecule has 0 aliphatic carbocycles. The maximum Gasteiger partial charge on any atom is 0.193 e. The van der Waals surface area contributed by atoms with Crippen molar-refractivity contribution < 1.29 is 4.74 Å². The summed E-state index contributed by atoms with van der Waals surface area (Å²) in [5.41, 5.74) is 2.68. The highest BCUT2D eigenvalue weighted by Gasteiger charge is 2.08. The molecule has 0 fully saturated rings. The van der Waals surface area contributed by atoms with E-state index in [-0.39, 0.29) is 24.0 Å². The van der Waals surface area contributed by atoms with Gasteiger partial charge in [0.2, 0.25) is 0 Å². The van der Waals surface area contributed by atoms with Gasteiger partial charge in [0.15, 0.2) is 5.96 Å². The van der Waals surface area contributed by atoms with Crippen molar-refractivity contribution in [1.29, 1.82) is 0 Å². The summed E-state index contributed by atoms with van der Waals surface area (Å²) in [5, 5.41) is 4.18. The Kier molecular flexibility index (Phi) is 9.59. The van der Waals surface area contributed by atoms with E-state index in [1.807, 2.05) is 38.4 Å². The van der Waals surface area contributed by atoms with Crippen molar-refractivity contribution >= 4 is 41.5 Å². The van der Waals surface area contributed by atoms with E-state index in [2.05, 4.69) is 21.3 Å². The number of aliphatic imine (C=N–C) groups is 1. The Bertz CT molecular complexity index is 531. The van der Waals surface area contributed by atoms with E-state index in [4.69, 9.17) is 16.3 Å². The molecule has 6 heteroatoms. The largest absolute Gasteiger partial charge is 0.377 e. The summed E-state index contributed by atoms with van der Waals surface area (Å²) in [7, 11) is 3.85. The first-order chi connectivity index (χ1) is 10.7. The molecule has 0 saturated heterocycles. The SMILES string of the molecule is CN=C(NCCC1=CCOCC1)N(C)Cc1ccc(Cl)cc1.I. The number of hydrogen-bond acceptors (Lipinski definition) is 2. The highest BCUT2D eigenvalue weighted by atomic mass is 127. The van der Waals surface area contributed by atoms with Gasteiger partial charge in [-0.05, 0) is 30.5 Å². The zero-order valence-corrected chi connectivity index (χ0v) is 16.8. The first kappa shape index (κ1) is 20.3. The van der Waals surface area contributed by atoms with Crippen molar-refractivity contribution in [1.82, 2.24) is 10.2 Å². The van der Waals surface area contributed by atoms with Crippen molar-refractivity contribution in [2.45, 2.75) is 19.4 Å². The summed E-state index contributed by atoms with van der Waals surface area (Å²) < 4.78 is 5.32. The molecule has 2 rings (SSSR count). The van der Waals surface area contributed by atoms with Crippen molar-refractivity contribution in [3.05, 3.63) is 46.5 Å². The van der Waals surface area contributed by atoms with Crippen LogP contribution in [0, 0.1) is 0 Å². The van der Waals surface area contributed by atoms with Gasteiger partial charge in [0.05, 0.1) is 13.2 Å². The molecule has 1 aliphatic rings. The molecule has 0 amide bonds. The van der Waals surface area contributed by atoms with Gasteiger partial charge in [0.25, 0.3) is 0 Å². The van der Waals surface area contributed by atoms with Crippen LogP contribution < -0.4 is 5.32 Å². The number of benzene rings is 1. The zero-order chi connectivity index (χ0) is 15.8. The zero-order valence-electron chi connectivity index (χ0n) is 13.7. The second kappa shape index (κ2) is 10.9. The van der Waals surface area contributed by atoms with Crippen LogP contribution >= 0.6 is 35.6 Å². The number of hydrogen-bond donors (Lipinski definition) is 1. The molecule has 0 bridgehead atoms. The van der Waals surface area contributed by atoms with Crippen LogP contribution in [0.25, 0.3) is 0 Å². The predicted molar refractivity (Wildman–Crippen MR) is 108 cm³/mol. The lowest BCUT2D eigenvalue weighted by Gasteiger charge is -2.23. The van der Waals surface area contributed by atoms with Gasteiger partial charge in [-0.2, -0.15) is 0 Å². The second-order valence-electron chi connectivity index (χ2n) is 5.39. The van der Waals surface area contributed by atoms with Crippen LogP contribution in [0.1, 0.15) is 18.4 Å². The first-order valence-corrected chi connectivity index (χ1v) is 7.98. The summed E-state index contributed by atoms with van der Waals surface area (Å²) in [4.78, 5) is 6.46. The number of nitrogens with zero attached hydrogens (tertiary/aromatic N) is 2. The fourth-order valence-electron chi connectivity index (χ4n) is 2.45. The van der Waals surface area contributed by atoms with Crippen LogP contribution in [0.3, 0.4) is 0 Å². The van der Waals surface area contributed by atoms with Crippen LogP contribution in [0.5, 0.6) is 0 Å². The lowest BCUT2D eigenvalue weighted by atomic mass is 10.1. The molecule has 23 heavy (non-hydrogen) atoms. The third-order valence-corrected chi connectivity index (χ3v) is 3.94. The van der Waals surface area contributed by atoms with Gasteiger partial charge in [-0.25, -0.2) is 0 Å². The molecule has 0 radical (unpaired) electrons. The Hall–Kier alpha value is -0.790. The van der Waals surface area contributed by atoms with Gasteiger partial charge in [0, 0.05) is 32.2 Å². The highest BCUT2D eigenvalue weighted by molar-refractivity contribution is 14.0. The van der Waals surface area contributed by atoms with E-state index in [1.54, 1.807) is 0 Å². The minimum absolute atomic E-state index is 0. The number of halogens is 2. The van der Waals surface area contributed by atoms with Crippen LogP contribution in [0.15, 0.2) is 40.9 Å². The third kappa shape index (κ3) is 7.10. The van der Waals surface area contributed by atoms with E-state index in [0.29, 0.717) is 0 Å². The lowest BCUT2D eigenvalue weighted by Crippen LogP contribution is -2.39. The van der Waals surface area contributed by atoms with E-state index in [9.17, 15) is 0 Å². The summed E-state index contributed by atoms with van der Waals surface area (Å²) in [5.74, 6) is 0.905. The summed E-state index contributed by atoms with van der Waals surface area (Å²) in [6.07, 6.45) is 4.27. The molecule has 1 heterocycles. The normalized spacial score (nSPS) is 14.7. The summed E-state index contributed by atoms with van der Waals surface area (Å²) >= 11 is 5.92. The average Bonchev–Trinajstić information content (AvgIpc) is 2.54. The first-order valence-electron chi connectivity index (χ1n) is 7.61. The molecule has 1 N–H and O–H groups in total. The summed E-state index contributed by atoms with van der Waals surface area (Å²) in [6.45, 7) is 3.29. The van der Waals surface area contributed by atoms with Gasteiger partial charge < -0.3 is 15.0 Å². The van der Waals surface area contributed by atoms with Crippen molar-refractivity contribution in [3.63, 3.8) is 0 Å². The average molecular weight is 450 g/mol. The molecule has 128 valence electrons. The van der Waals surface area contributed by atoms with Crippen LogP contribution in [-0.4, -0.2) is 44.7 Å². The van der Waals surface area contributed by atoms with Gasteiger partial charge in [-0.1, -0.05) is 35.4 Å². The van der Waals surface area contributed by atoms with E-state index >= 15 is 0 Å². The molecule has 1 aromatic rings. The monoisotopic (exact) mass is 449 g/mol. The number of rotatable bonds is 5. The number of ether oxygens (including phenoxy) is 1. The Morgan fingerprint density at radius 2 is 2.09 bits per heavy atom. The maximum atomic E-state index is 5.92. The molecule has 0 spiro atoms. The van der Waals surface area contributed by atoms with Crippen LogP contribution in [0.4, 0.5) is 0 Å². The molecule has 0 atom stereocenters. The molecule has 1 aromatic carbocycles. The number of nitrogens with one attached hydrogen (secondary N) is 1. The van der Waals surface area contributed by atoms with E-state index < -0.39 is 0 Å². The minimum Gasteiger partial charge on any atom is -0.377 e. The quantitative estimate of drug-likeness (QED) is 0.322. The van der Waals surface area contributed by atoms with Gasteiger partial charge >= 0.3 is 0 Å². The van der Waals surface area contributed by atoms with Crippen molar-refractivity contribution in [3.8, 4) is 0 Å². The molecule has 1 aliphatic heterocycles. The van der Waals surface area contributed by atoms with Gasteiger partial charge in [0.1, 0.15) is 0 Å². The topological polar surface area (TPSA) is 36.9 Å². The fourth-order valence-corrected chi connectivity index (χ4v) is 2.58. The second-order valence-corrected chi connectivity index (χ2v) is 5.83. The van der Waals surface area contributed by atoms with Gasteiger partial charge in [-0.3, -0.25) is 4.99 Å². The molecule has 0 saturated carbocycles. The van der Waals surface area contributed by atoms with Crippen LogP contribution in [0.2, 0.25) is 5.02 Å². The highest BCUT2D eigenvalue weighted by Crippen LogP contribution is 2.12. The molecular formula is C17H25ClIN3O. The van der Waals surface area contributed by atoms with Gasteiger partial charge in [-0.15, -0.1) is 24.0 Å². The molecule has 4 nitrogen and oxygen atoms in total. The molecule has 0 aromatic heterocycles. The van der Waals surface area contributed by atoms with E-state index in [0.717, 1.165) is 50.1 Å². The Balaban J connectivity index is 0.00000264. The minimum atomic E-state index is 0. The third-order valence-electron chi connectivity index (χ3n) is 3.69. The maximum absolute atomic E-state index is 5.92. The molecule has 0 unspecified atom stereocenters. The van der Waals surface area contributed by atoms with Crippen LogP contribution in [-0.2, 0) is 11.3 Å². The standard InChI is InChI=1S/C17H24ClN3O.HI/c1-19-17(20-10-7-14-8-11-22-12-9-14)21(2)13-15-3-5-16(18)6-4-15;/h3-6,8H,7,9-13H2,1-2H3,(H,19,20);1H. The van der Waals surface area contributed by atoms with E-state index in [1.165, 1.54) is 11.1 Å². The number of guanidine groups is 1. The Labute approximate surface area is 161 Å².